The summed E-state index contributed by atoms with van der Waals surface area (Å²) in [6, 6.07) is 0.468. The van der Waals surface area contributed by atoms with Crippen LogP contribution in [0.5, 0.6) is 0 Å². The van der Waals surface area contributed by atoms with Crippen LogP contribution in [0.4, 0.5) is 0 Å². The molecule has 5 heteroatoms. The van der Waals surface area contributed by atoms with Crippen molar-refractivity contribution < 1.29 is 0 Å². The number of aliphatic imine (C=N–C) groups is 1. The van der Waals surface area contributed by atoms with Crippen molar-refractivity contribution in [1.82, 2.24) is 20.4 Å². The maximum absolute atomic E-state index is 4.49. The highest BCUT2D eigenvalue weighted by Gasteiger charge is 2.15. The van der Waals surface area contributed by atoms with E-state index < -0.39 is 0 Å². The predicted octanol–water partition coefficient (Wildman–Crippen LogP) is 3.49. The van der Waals surface area contributed by atoms with E-state index in [0.29, 0.717) is 6.04 Å². The predicted molar refractivity (Wildman–Crippen MR) is 106 cm³/mol. The van der Waals surface area contributed by atoms with Crippen LogP contribution in [0.3, 0.4) is 0 Å². The summed E-state index contributed by atoms with van der Waals surface area (Å²) in [5.41, 5.74) is 3.73. The molecular weight excluding hydrogens is 310 g/mol. The van der Waals surface area contributed by atoms with Crippen molar-refractivity contribution in [3.8, 4) is 0 Å². The van der Waals surface area contributed by atoms with Crippen molar-refractivity contribution in [3.05, 3.63) is 17.0 Å². The summed E-state index contributed by atoms with van der Waals surface area (Å²) in [4.78, 5) is 4.38. The molecule has 0 spiro atoms. The van der Waals surface area contributed by atoms with Gasteiger partial charge in [0.05, 0.1) is 5.69 Å². The average molecular weight is 348 g/mol. The first-order valence-electron chi connectivity index (χ1n) is 9.97. The quantitative estimate of drug-likeness (QED) is 0.586. The maximum Gasteiger partial charge on any atom is 0.191 e. The van der Waals surface area contributed by atoms with Crippen LogP contribution in [0.15, 0.2) is 4.99 Å². The van der Waals surface area contributed by atoms with Crippen LogP contribution in [-0.2, 0) is 13.5 Å². The van der Waals surface area contributed by atoms with Crippen LogP contribution in [0, 0.1) is 19.8 Å². The minimum absolute atomic E-state index is 0.468. The van der Waals surface area contributed by atoms with Crippen LogP contribution in [0.1, 0.15) is 68.8 Å². The van der Waals surface area contributed by atoms with E-state index in [-0.39, 0.29) is 0 Å². The molecule has 1 aromatic rings. The molecule has 2 rings (SSSR count). The summed E-state index contributed by atoms with van der Waals surface area (Å²) in [7, 11) is 3.86. The first-order chi connectivity index (χ1) is 12.0. The molecule has 0 aliphatic heterocycles. The van der Waals surface area contributed by atoms with Gasteiger partial charge >= 0.3 is 0 Å². The lowest BCUT2D eigenvalue weighted by Gasteiger charge is -2.24. The van der Waals surface area contributed by atoms with Crippen molar-refractivity contribution >= 4 is 5.96 Å². The number of rotatable bonds is 7. The van der Waals surface area contributed by atoms with Gasteiger partial charge in [0.15, 0.2) is 5.96 Å². The fraction of sp³-hybridized carbons (Fsp3) is 0.800. The monoisotopic (exact) mass is 347 g/mol. The lowest BCUT2D eigenvalue weighted by molar-refractivity contribution is 0.322. The molecule has 142 valence electrons. The Balaban J connectivity index is 1.70. The Morgan fingerprint density at radius 2 is 2.00 bits per heavy atom. The number of aryl methyl sites for hydroxylation is 2. The lowest BCUT2D eigenvalue weighted by Crippen LogP contribution is -2.43. The van der Waals surface area contributed by atoms with E-state index in [1.54, 1.807) is 0 Å². The highest BCUT2D eigenvalue weighted by atomic mass is 15.3. The van der Waals surface area contributed by atoms with E-state index in [1.807, 2.05) is 18.8 Å². The lowest BCUT2D eigenvalue weighted by atomic mass is 9.85. The second-order valence-electron chi connectivity index (χ2n) is 7.65. The first kappa shape index (κ1) is 19.8. The molecule has 0 bridgehead atoms. The highest BCUT2D eigenvalue weighted by molar-refractivity contribution is 5.79. The van der Waals surface area contributed by atoms with Gasteiger partial charge in [0.1, 0.15) is 0 Å². The highest BCUT2D eigenvalue weighted by Crippen LogP contribution is 2.27. The van der Waals surface area contributed by atoms with E-state index in [2.05, 4.69) is 41.5 Å². The second kappa shape index (κ2) is 9.83. The molecule has 1 unspecified atom stereocenters. The summed E-state index contributed by atoms with van der Waals surface area (Å²) in [6.07, 6.45) is 10.7. The minimum Gasteiger partial charge on any atom is -0.356 e. The van der Waals surface area contributed by atoms with Crippen LogP contribution in [0.2, 0.25) is 0 Å². The summed E-state index contributed by atoms with van der Waals surface area (Å²) < 4.78 is 1.96. The fourth-order valence-electron chi connectivity index (χ4n) is 3.95. The van der Waals surface area contributed by atoms with Crippen LogP contribution < -0.4 is 10.6 Å². The van der Waals surface area contributed by atoms with Crippen molar-refractivity contribution in [2.45, 2.75) is 78.2 Å². The fourth-order valence-corrected chi connectivity index (χ4v) is 3.95. The van der Waals surface area contributed by atoms with Gasteiger partial charge in [0.25, 0.3) is 0 Å². The van der Waals surface area contributed by atoms with Gasteiger partial charge in [0, 0.05) is 32.4 Å². The number of hydrogen-bond donors (Lipinski definition) is 2. The molecule has 1 heterocycles. The number of guanidine groups is 1. The number of nitrogens with zero attached hydrogens (tertiary/aromatic N) is 3. The summed E-state index contributed by atoms with van der Waals surface area (Å²) in [5.74, 6) is 1.86. The van der Waals surface area contributed by atoms with E-state index >= 15 is 0 Å². The number of aromatic nitrogens is 2. The molecule has 5 nitrogen and oxygen atoms in total. The Labute approximate surface area is 153 Å². The van der Waals surface area contributed by atoms with Gasteiger partial charge in [-0.05, 0) is 51.5 Å². The Bertz CT molecular complexity index is 555. The van der Waals surface area contributed by atoms with E-state index in [9.17, 15) is 0 Å². The Morgan fingerprint density at radius 1 is 1.28 bits per heavy atom. The molecular formula is C20H37N5. The van der Waals surface area contributed by atoms with Crippen molar-refractivity contribution in [1.29, 1.82) is 0 Å². The Morgan fingerprint density at radius 3 is 2.60 bits per heavy atom. The first-order valence-corrected chi connectivity index (χ1v) is 9.97. The van der Waals surface area contributed by atoms with Crippen molar-refractivity contribution in [3.63, 3.8) is 0 Å². The van der Waals surface area contributed by atoms with Gasteiger partial charge in [0.2, 0.25) is 0 Å². The van der Waals surface area contributed by atoms with Crippen LogP contribution >= 0.6 is 0 Å². The molecule has 1 fully saturated rings. The molecule has 0 aromatic carbocycles. The molecule has 1 aliphatic rings. The van der Waals surface area contributed by atoms with Crippen LogP contribution in [-0.4, -0.2) is 35.4 Å². The number of nitrogens with one attached hydrogen (secondary N) is 2. The number of hydrogen-bond acceptors (Lipinski definition) is 2. The zero-order valence-electron chi connectivity index (χ0n) is 16.9. The largest absolute Gasteiger partial charge is 0.356 e. The third-order valence-electron chi connectivity index (χ3n) is 5.67. The molecule has 1 aromatic heterocycles. The third kappa shape index (κ3) is 6.05. The van der Waals surface area contributed by atoms with Crippen molar-refractivity contribution in [2.24, 2.45) is 18.0 Å². The van der Waals surface area contributed by atoms with Crippen molar-refractivity contribution in [2.75, 3.05) is 13.6 Å². The average Bonchev–Trinajstić information content (AvgIpc) is 2.86. The summed E-state index contributed by atoms with van der Waals surface area (Å²) in [6.45, 7) is 7.37. The Hall–Kier alpha value is -1.52. The SMILES string of the molecule is CN=C(NCCc1c(C)nn(C)c1C)NC(C)CCC1CCCCC1. The van der Waals surface area contributed by atoms with E-state index in [1.165, 1.54) is 56.2 Å². The van der Waals surface area contributed by atoms with Gasteiger partial charge in [-0.2, -0.15) is 5.10 Å². The standard InChI is InChI=1S/C20H37N5/c1-15(11-12-18-9-7-6-8-10-18)23-20(21-4)22-14-13-19-16(2)24-25(5)17(19)3/h15,18H,6-14H2,1-5H3,(H2,21,22,23). The molecule has 1 atom stereocenters. The summed E-state index contributed by atoms with van der Waals surface area (Å²) in [5, 5.41) is 11.5. The van der Waals surface area contributed by atoms with Crippen LogP contribution in [0.25, 0.3) is 0 Å². The minimum atomic E-state index is 0.468. The van der Waals surface area contributed by atoms with Gasteiger partial charge < -0.3 is 10.6 Å². The third-order valence-corrected chi connectivity index (χ3v) is 5.67. The normalized spacial score (nSPS) is 17.6. The van der Waals surface area contributed by atoms with E-state index in [0.717, 1.165) is 30.5 Å². The Kier molecular flexibility index (Phi) is 7.79. The second-order valence-corrected chi connectivity index (χ2v) is 7.65. The van der Waals surface area contributed by atoms with Gasteiger partial charge in [-0.25, -0.2) is 0 Å². The molecule has 0 saturated heterocycles. The maximum atomic E-state index is 4.49. The smallest absolute Gasteiger partial charge is 0.191 e. The van der Waals surface area contributed by atoms with Gasteiger partial charge in [-0.3, -0.25) is 9.67 Å². The zero-order chi connectivity index (χ0) is 18.2. The van der Waals surface area contributed by atoms with Gasteiger partial charge in [-0.1, -0.05) is 32.1 Å². The molecule has 1 saturated carbocycles. The molecule has 0 amide bonds. The molecule has 25 heavy (non-hydrogen) atoms. The molecule has 2 N–H and O–H groups in total. The van der Waals surface area contributed by atoms with Gasteiger partial charge in [-0.15, -0.1) is 0 Å². The van der Waals surface area contributed by atoms with E-state index in [4.69, 9.17) is 0 Å². The molecule has 1 aliphatic carbocycles. The zero-order valence-corrected chi connectivity index (χ0v) is 16.9. The summed E-state index contributed by atoms with van der Waals surface area (Å²) >= 11 is 0. The topological polar surface area (TPSA) is 54.2 Å². The molecule has 0 radical (unpaired) electrons.